The van der Waals surface area contributed by atoms with Gasteiger partial charge in [0.25, 0.3) is 0 Å². The summed E-state index contributed by atoms with van der Waals surface area (Å²) in [4.78, 5) is 4.18. The molecule has 0 amide bonds. The normalized spacial score (nSPS) is 20.7. The molecule has 5 heteroatoms. The second-order valence-electron chi connectivity index (χ2n) is 3.25. The Morgan fingerprint density at radius 3 is 3.14 bits per heavy atom. The minimum atomic E-state index is 0.358. The molecule has 0 aliphatic carbocycles. The van der Waals surface area contributed by atoms with Gasteiger partial charge < -0.3 is 9.84 Å². The molecule has 3 heterocycles. The van der Waals surface area contributed by atoms with Crippen molar-refractivity contribution < 1.29 is 4.52 Å². The maximum absolute atomic E-state index is 5.25. The number of hydrogen-bond donors (Lipinski definition) is 1. The van der Waals surface area contributed by atoms with E-state index < -0.39 is 0 Å². The van der Waals surface area contributed by atoms with Gasteiger partial charge in [0.05, 0.1) is 6.04 Å². The maximum atomic E-state index is 5.25. The van der Waals surface area contributed by atoms with Crippen molar-refractivity contribution in [1.29, 1.82) is 0 Å². The monoisotopic (exact) mass is 207 g/mol. The van der Waals surface area contributed by atoms with E-state index in [-0.39, 0.29) is 0 Å². The third-order valence-electron chi connectivity index (χ3n) is 2.35. The molecule has 72 valence electrons. The molecule has 4 nitrogen and oxygen atoms in total. The largest absolute Gasteiger partial charge is 0.359 e. The van der Waals surface area contributed by atoms with E-state index in [0.717, 1.165) is 29.4 Å². The molecule has 0 bridgehead atoms. The van der Waals surface area contributed by atoms with E-state index in [0.29, 0.717) is 6.04 Å². The molecule has 1 unspecified atom stereocenters. The van der Waals surface area contributed by atoms with Crippen molar-refractivity contribution in [3.63, 3.8) is 0 Å². The summed E-state index contributed by atoms with van der Waals surface area (Å²) in [5.41, 5.74) is 0.837. The van der Waals surface area contributed by atoms with Gasteiger partial charge >= 0.3 is 0 Å². The van der Waals surface area contributed by atoms with E-state index in [1.807, 2.05) is 11.4 Å². The van der Waals surface area contributed by atoms with Crippen LogP contribution in [0.5, 0.6) is 0 Å². The third-order valence-corrected chi connectivity index (χ3v) is 3.14. The zero-order valence-electron chi connectivity index (χ0n) is 7.43. The highest BCUT2D eigenvalue weighted by molar-refractivity contribution is 7.13. The van der Waals surface area contributed by atoms with Crippen LogP contribution in [0.1, 0.15) is 18.2 Å². The summed E-state index contributed by atoms with van der Waals surface area (Å²) in [7, 11) is 0. The molecule has 0 aromatic carbocycles. The first-order valence-electron chi connectivity index (χ1n) is 4.53. The standard InChI is InChI=1S/C9H9N3OS/c1-2-10-6(1)8-5-7(12-13-8)9-11-3-4-14-9/h3-6,10H,1-2H2. The van der Waals surface area contributed by atoms with Gasteiger partial charge in [0.1, 0.15) is 10.7 Å². The summed E-state index contributed by atoms with van der Waals surface area (Å²) in [6.45, 7) is 1.07. The molecule has 3 rings (SSSR count). The minimum absolute atomic E-state index is 0.358. The maximum Gasteiger partial charge on any atom is 0.154 e. The van der Waals surface area contributed by atoms with Crippen LogP contribution in [-0.2, 0) is 0 Å². The first-order chi connectivity index (χ1) is 6.93. The summed E-state index contributed by atoms with van der Waals surface area (Å²) in [5, 5.41) is 10.1. The van der Waals surface area contributed by atoms with E-state index in [4.69, 9.17) is 4.52 Å². The van der Waals surface area contributed by atoms with Gasteiger partial charge in [-0.1, -0.05) is 5.16 Å². The SMILES string of the molecule is c1csc(-c2cc(C3CCN3)on2)n1. The Balaban J connectivity index is 1.90. The molecule has 14 heavy (non-hydrogen) atoms. The molecule has 0 saturated carbocycles. The summed E-state index contributed by atoms with van der Waals surface area (Å²) in [6.07, 6.45) is 2.91. The Morgan fingerprint density at radius 2 is 2.50 bits per heavy atom. The number of thiazole rings is 1. The summed E-state index contributed by atoms with van der Waals surface area (Å²) >= 11 is 1.57. The Hall–Kier alpha value is -1.20. The fourth-order valence-corrected chi connectivity index (χ4v) is 2.03. The number of nitrogens with one attached hydrogen (secondary N) is 1. The van der Waals surface area contributed by atoms with Gasteiger partial charge in [-0.15, -0.1) is 11.3 Å². The summed E-state index contributed by atoms with van der Waals surface area (Å²) < 4.78 is 5.25. The second kappa shape index (κ2) is 3.18. The van der Waals surface area contributed by atoms with Gasteiger partial charge in [0.2, 0.25) is 0 Å². The molecule has 0 spiro atoms. The molecule has 2 aromatic heterocycles. The van der Waals surface area contributed by atoms with Crippen LogP contribution >= 0.6 is 11.3 Å². The van der Waals surface area contributed by atoms with Crippen LogP contribution in [0, 0.1) is 0 Å². The van der Waals surface area contributed by atoms with Gasteiger partial charge in [-0.05, 0) is 13.0 Å². The molecule has 1 N–H and O–H groups in total. The lowest BCUT2D eigenvalue weighted by molar-refractivity contribution is 0.282. The van der Waals surface area contributed by atoms with Crippen LogP contribution in [0.2, 0.25) is 0 Å². The predicted molar refractivity (Wildman–Crippen MR) is 53.0 cm³/mol. The molecule has 1 atom stereocenters. The first-order valence-corrected chi connectivity index (χ1v) is 5.41. The molecule has 1 aliphatic heterocycles. The molecule has 1 saturated heterocycles. The number of nitrogens with zero attached hydrogens (tertiary/aromatic N) is 2. The zero-order valence-corrected chi connectivity index (χ0v) is 8.25. The molecule has 0 radical (unpaired) electrons. The highest BCUT2D eigenvalue weighted by Gasteiger charge is 2.23. The average molecular weight is 207 g/mol. The van der Waals surface area contributed by atoms with Crippen molar-refractivity contribution in [3.05, 3.63) is 23.4 Å². The van der Waals surface area contributed by atoms with E-state index in [2.05, 4.69) is 15.5 Å². The van der Waals surface area contributed by atoms with Gasteiger partial charge in [-0.3, -0.25) is 0 Å². The zero-order chi connectivity index (χ0) is 9.38. The highest BCUT2D eigenvalue weighted by atomic mass is 32.1. The van der Waals surface area contributed by atoms with Crippen LogP contribution in [0.4, 0.5) is 0 Å². The van der Waals surface area contributed by atoms with Crippen LogP contribution in [0.15, 0.2) is 22.2 Å². The minimum Gasteiger partial charge on any atom is -0.359 e. The Bertz CT molecular complexity index is 419. The molecular formula is C9H9N3OS. The van der Waals surface area contributed by atoms with Gasteiger partial charge in [0.15, 0.2) is 5.76 Å². The van der Waals surface area contributed by atoms with Crippen molar-refractivity contribution in [1.82, 2.24) is 15.5 Å². The van der Waals surface area contributed by atoms with E-state index >= 15 is 0 Å². The van der Waals surface area contributed by atoms with Crippen LogP contribution in [0.3, 0.4) is 0 Å². The lowest BCUT2D eigenvalue weighted by atomic mass is 10.0. The van der Waals surface area contributed by atoms with Gasteiger partial charge in [0, 0.05) is 17.6 Å². The van der Waals surface area contributed by atoms with Crippen molar-refractivity contribution in [2.75, 3.05) is 6.54 Å². The number of hydrogen-bond acceptors (Lipinski definition) is 5. The third kappa shape index (κ3) is 1.25. The van der Waals surface area contributed by atoms with Crippen LogP contribution < -0.4 is 5.32 Å². The fraction of sp³-hybridized carbons (Fsp3) is 0.333. The van der Waals surface area contributed by atoms with Crippen LogP contribution in [0.25, 0.3) is 10.7 Å². The number of aromatic nitrogens is 2. The van der Waals surface area contributed by atoms with E-state index in [9.17, 15) is 0 Å². The lowest BCUT2D eigenvalue weighted by Crippen LogP contribution is -2.34. The van der Waals surface area contributed by atoms with E-state index in [1.54, 1.807) is 17.5 Å². The van der Waals surface area contributed by atoms with Gasteiger partial charge in [-0.2, -0.15) is 0 Å². The predicted octanol–water partition coefficient (Wildman–Crippen LogP) is 1.83. The number of rotatable bonds is 2. The Labute approximate surface area is 85.0 Å². The lowest BCUT2D eigenvalue weighted by Gasteiger charge is -2.24. The first kappa shape index (κ1) is 8.14. The summed E-state index contributed by atoms with van der Waals surface area (Å²) in [6, 6.07) is 2.33. The highest BCUT2D eigenvalue weighted by Crippen LogP contribution is 2.27. The average Bonchev–Trinajstić information content (AvgIpc) is 2.65. The van der Waals surface area contributed by atoms with Crippen molar-refractivity contribution in [2.45, 2.75) is 12.5 Å². The second-order valence-corrected chi connectivity index (χ2v) is 4.14. The van der Waals surface area contributed by atoms with Crippen molar-refractivity contribution >= 4 is 11.3 Å². The Morgan fingerprint density at radius 1 is 1.57 bits per heavy atom. The van der Waals surface area contributed by atoms with Crippen LogP contribution in [-0.4, -0.2) is 16.7 Å². The van der Waals surface area contributed by atoms with E-state index in [1.165, 1.54) is 0 Å². The molecule has 2 aromatic rings. The molecular weight excluding hydrogens is 198 g/mol. The van der Waals surface area contributed by atoms with Crippen molar-refractivity contribution in [3.8, 4) is 10.7 Å². The quantitative estimate of drug-likeness (QED) is 0.816. The topological polar surface area (TPSA) is 51.0 Å². The summed E-state index contributed by atoms with van der Waals surface area (Å²) in [5.74, 6) is 0.918. The Kier molecular flexibility index (Phi) is 1.85. The molecule has 1 fully saturated rings. The smallest absolute Gasteiger partial charge is 0.154 e. The van der Waals surface area contributed by atoms with Crippen molar-refractivity contribution in [2.24, 2.45) is 0 Å². The molecule has 1 aliphatic rings. The van der Waals surface area contributed by atoms with Gasteiger partial charge in [-0.25, -0.2) is 4.98 Å². The fourth-order valence-electron chi connectivity index (χ4n) is 1.44.